The molecule has 0 saturated carbocycles. The van der Waals surface area contributed by atoms with Gasteiger partial charge in [-0.3, -0.25) is 4.79 Å². The molecule has 0 spiro atoms. The van der Waals surface area contributed by atoms with Gasteiger partial charge in [0.1, 0.15) is 0 Å². The van der Waals surface area contributed by atoms with Crippen LogP contribution in [-0.2, 0) is 11.2 Å². The van der Waals surface area contributed by atoms with Gasteiger partial charge in [0.05, 0.1) is 0 Å². The van der Waals surface area contributed by atoms with E-state index in [9.17, 15) is 4.79 Å². The second-order valence-corrected chi connectivity index (χ2v) is 4.32. The van der Waals surface area contributed by atoms with Gasteiger partial charge in [0.2, 0.25) is 5.91 Å². The topological polar surface area (TPSA) is 41.1 Å². The van der Waals surface area contributed by atoms with Crippen LogP contribution in [0.4, 0.5) is 0 Å². The van der Waals surface area contributed by atoms with Gasteiger partial charge < -0.3 is 10.6 Å². The van der Waals surface area contributed by atoms with Gasteiger partial charge in [-0.25, -0.2) is 0 Å². The highest BCUT2D eigenvalue weighted by Gasteiger charge is 2.03. The maximum absolute atomic E-state index is 11.4. The van der Waals surface area contributed by atoms with E-state index in [2.05, 4.69) is 42.7 Å². The summed E-state index contributed by atoms with van der Waals surface area (Å²) in [6, 6.07) is 6.30. The van der Waals surface area contributed by atoms with Crippen LogP contribution in [0.3, 0.4) is 0 Å². The predicted molar refractivity (Wildman–Crippen MR) is 78.4 cm³/mol. The number of hydrogen-bond acceptors (Lipinski definition) is 2. The Morgan fingerprint density at radius 3 is 2.33 bits per heavy atom. The summed E-state index contributed by atoms with van der Waals surface area (Å²) in [5.41, 5.74) is 3.95. The first kappa shape index (κ1) is 16.9. The number of aryl methyl sites for hydroxylation is 2. The lowest BCUT2D eigenvalue weighted by molar-refractivity contribution is -0.120. The van der Waals surface area contributed by atoms with E-state index in [0.717, 1.165) is 13.0 Å². The zero-order valence-electron chi connectivity index (χ0n) is 11.4. The number of hydrogen-bond donors (Lipinski definition) is 2. The third-order valence-corrected chi connectivity index (χ3v) is 2.94. The molecule has 102 valence electrons. The summed E-state index contributed by atoms with van der Waals surface area (Å²) in [4.78, 5) is 11.4. The van der Waals surface area contributed by atoms with Crippen LogP contribution in [0.5, 0.6) is 0 Å². The number of rotatable bonds is 6. The van der Waals surface area contributed by atoms with Crippen molar-refractivity contribution < 1.29 is 4.79 Å². The van der Waals surface area contributed by atoms with Crippen molar-refractivity contribution in [2.75, 3.05) is 20.1 Å². The first-order valence-electron chi connectivity index (χ1n) is 6.11. The smallest absolute Gasteiger partial charge is 0.221 e. The zero-order valence-corrected chi connectivity index (χ0v) is 12.2. The van der Waals surface area contributed by atoms with Crippen molar-refractivity contribution >= 4 is 18.3 Å². The van der Waals surface area contributed by atoms with E-state index in [1.54, 1.807) is 0 Å². The molecule has 0 fully saturated rings. The molecule has 0 bridgehead atoms. The van der Waals surface area contributed by atoms with E-state index in [4.69, 9.17) is 0 Å². The number of carbonyl (C=O) groups excluding carboxylic acids is 1. The molecule has 0 aromatic heterocycles. The van der Waals surface area contributed by atoms with Crippen LogP contribution in [0, 0.1) is 13.8 Å². The third kappa shape index (κ3) is 5.52. The maximum Gasteiger partial charge on any atom is 0.221 e. The monoisotopic (exact) mass is 270 g/mol. The van der Waals surface area contributed by atoms with Gasteiger partial charge in [0.25, 0.3) is 0 Å². The van der Waals surface area contributed by atoms with Gasteiger partial charge in [0, 0.05) is 19.5 Å². The minimum absolute atomic E-state index is 0. The number of nitrogens with one attached hydrogen (secondary N) is 2. The lowest BCUT2D eigenvalue weighted by atomic mass is 10.0. The van der Waals surface area contributed by atoms with Gasteiger partial charge in [-0.1, -0.05) is 18.2 Å². The number of amides is 1. The Balaban J connectivity index is 0.00000289. The van der Waals surface area contributed by atoms with Gasteiger partial charge in [-0.2, -0.15) is 0 Å². The number of benzene rings is 1. The molecule has 1 rings (SSSR count). The Labute approximate surface area is 116 Å². The number of carbonyl (C=O) groups is 1. The molecule has 18 heavy (non-hydrogen) atoms. The van der Waals surface area contributed by atoms with Crippen LogP contribution in [0.25, 0.3) is 0 Å². The van der Waals surface area contributed by atoms with E-state index >= 15 is 0 Å². The Kier molecular flexibility index (Phi) is 8.42. The molecular weight excluding hydrogens is 248 g/mol. The Hall–Kier alpha value is -1.06. The van der Waals surface area contributed by atoms with Crippen LogP contribution in [0.1, 0.15) is 23.1 Å². The largest absolute Gasteiger partial charge is 0.356 e. The normalized spacial score (nSPS) is 9.72. The fourth-order valence-corrected chi connectivity index (χ4v) is 1.90. The first-order chi connectivity index (χ1) is 8.15. The van der Waals surface area contributed by atoms with Crippen molar-refractivity contribution in [3.63, 3.8) is 0 Å². The van der Waals surface area contributed by atoms with Crippen molar-refractivity contribution in [2.45, 2.75) is 26.7 Å². The van der Waals surface area contributed by atoms with E-state index in [1.165, 1.54) is 16.7 Å². The Morgan fingerprint density at radius 2 is 1.78 bits per heavy atom. The molecule has 0 heterocycles. The average Bonchev–Trinajstić information content (AvgIpc) is 2.30. The standard InChI is InChI=1S/C14H22N2O.ClH/c1-11-5-4-6-12(2)13(11)7-10-16-14(17)8-9-15-3;/h4-6,15H,7-10H2,1-3H3,(H,16,17);1H. The summed E-state index contributed by atoms with van der Waals surface area (Å²) in [5.74, 6) is 0.116. The minimum Gasteiger partial charge on any atom is -0.356 e. The van der Waals surface area contributed by atoms with Crippen molar-refractivity contribution in [1.82, 2.24) is 10.6 Å². The molecule has 1 aromatic rings. The van der Waals surface area contributed by atoms with Crippen molar-refractivity contribution in [2.24, 2.45) is 0 Å². The summed E-state index contributed by atoms with van der Waals surface area (Å²) in [6.07, 6.45) is 1.45. The van der Waals surface area contributed by atoms with E-state index in [1.807, 2.05) is 7.05 Å². The van der Waals surface area contributed by atoms with Crippen LogP contribution in [0.2, 0.25) is 0 Å². The third-order valence-electron chi connectivity index (χ3n) is 2.94. The van der Waals surface area contributed by atoms with E-state index < -0.39 is 0 Å². The van der Waals surface area contributed by atoms with Crippen LogP contribution in [0.15, 0.2) is 18.2 Å². The van der Waals surface area contributed by atoms with Gasteiger partial charge in [0.15, 0.2) is 0 Å². The molecule has 0 radical (unpaired) electrons. The fourth-order valence-electron chi connectivity index (χ4n) is 1.90. The molecule has 0 unspecified atom stereocenters. The molecule has 0 aliphatic carbocycles. The maximum atomic E-state index is 11.4. The van der Waals surface area contributed by atoms with Crippen LogP contribution in [-0.4, -0.2) is 26.0 Å². The summed E-state index contributed by atoms with van der Waals surface area (Å²) in [6.45, 7) is 5.68. The van der Waals surface area contributed by atoms with Crippen molar-refractivity contribution in [3.8, 4) is 0 Å². The van der Waals surface area contributed by atoms with Crippen molar-refractivity contribution in [1.29, 1.82) is 0 Å². The molecule has 4 heteroatoms. The van der Waals surface area contributed by atoms with Gasteiger partial charge >= 0.3 is 0 Å². The summed E-state index contributed by atoms with van der Waals surface area (Å²) in [5, 5.41) is 5.91. The SMILES string of the molecule is CNCCC(=O)NCCc1c(C)cccc1C.Cl. The average molecular weight is 271 g/mol. The van der Waals surface area contributed by atoms with Crippen LogP contribution >= 0.6 is 12.4 Å². The molecule has 0 atom stereocenters. The number of halogens is 1. The highest BCUT2D eigenvalue weighted by molar-refractivity contribution is 5.85. The molecule has 0 aliphatic rings. The van der Waals surface area contributed by atoms with E-state index in [-0.39, 0.29) is 18.3 Å². The quantitative estimate of drug-likeness (QED) is 0.830. The predicted octanol–water partition coefficient (Wildman–Crippen LogP) is 1.99. The molecule has 2 N–H and O–H groups in total. The first-order valence-corrected chi connectivity index (χ1v) is 6.11. The molecule has 3 nitrogen and oxygen atoms in total. The zero-order chi connectivity index (χ0) is 12.7. The van der Waals surface area contributed by atoms with Crippen molar-refractivity contribution in [3.05, 3.63) is 34.9 Å². The van der Waals surface area contributed by atoms with Gasteiger partial charge in [-0.05, 0) is 44.0 Å². The molecule has 0 saturated heterocycles. The Morgan fingerprint density at radius 1 is 1.17 bits per heavy atom. The summed E-state index contributed by atoms with van der Waals surface area (Å²) >= 11 is 0. The summed E-state index contributed by atoms with van der Waals surface area (Å²) < 4.78 is 0. The van der Waals surface area contributed by atoms with Gasteiger partial charge in [-0.15, -0.1) is 12.4 Å². The molecule has 0 aliphatic heterocycles. The second kappa shape index (κ2) is 8.95. The fraction of sp³-hybridized carbons (Fsp3) is 0.500. The molecule has 1 amide bonds. The highest BCUT2D eigenvalue weighted by Crippen LogP contribution is 2.13. The second-order valence-electron chi connectivity index (χ2n) is 4.32. The lowest BCUT2D eigenvalue weighted by Gasteiger charge is -2.10. The molecular formula is C14H23ClN2O. The lowest BCUT2D eigenvalue weighted by Crippen LogP contribution is -2.28. The van der Waals surface area contributed by atoms with E-state index in [0.29, 0.717) is 13.0 Å². The summed E-state index contributed by atoms with van der Waals surface area (Å²) in [7, 11) is 1.85. The minimum atomic E-state index is 0. The highest BCUT2D eigenvalue weighted by atomic mass is 35.5. The van der Waals surface area contributed by atoms with Crippen LogP contribution < -0.4 is 10.6 Å². The molecule has 1 aromatic carbocycles. The Bertz CT molecular complexity index is 360.